The fraction of sp³-hybridized carbons (Fsp3) is 0.455. The predicted octanol–water partition coefficient (Wildman–Crippen LogP) is 3.22. The molecule has 13 heavy (non-hydrogen) atoms. The maximum atomic E-state index is 3.62. The lowest BCUT2D eigenvalue weighted by Crippen LogP contribution is -2.17. The van der Waals surface area contributed by atoms with Crippen molar-refractivity contribution in [1.82, 2.24) is 0 Å². The first-order chi connectivity index (χ1) is 6.29. The number of hydrogen-bond donors (Lipinski definition) is 0. The van der Waals surface area contributed by atoms with Gasteiger partial charge in [-0.1, -0.05) is 22.0 Å². The van der Waals surface area contributed by atoms with Gasteiger partial charge in [-0.25, -0.2) is 0 Å². The third-order valence-corrected chi connectivity index (χ3v) is 3.42. The molecule has 0 unspecified atom stereocenters. The average Bonchev–Trinajstić information content (AvgIpc) is 2.30. The van der Waals surface area contributed by atoms with E-state index < -0.39 is 0 Å². The topological polar surface area (TPSA) is 3.24 Å². The molecular formula is C11H14BrN. The Kier molecular flexibility index (Phi) is 2.58. The molecule has 1 aliphatic heterocycles. The van der Waals surface area contributed by atoms with Crippen LogP contribution in [0.3, 0.4) is 0 Å². The molecule has 1 aromatic rings. The summed E-state index contributed by atoms with van der Waals surface area (Å²) >= 11 is 3.62. The Morgan fingerprint density at radius 3 is 3.00 bits per heavy atom. The van der Waals surface area contributed by atoms with Gasteiger partial charge < -0.3 is 4.90 Å². The van der Waals surface area contributed by atoms with Crippen LogP contribution in [-0.4, -0.2) is 13.6 Å². The van der Waals surface area contributed by atoms with E-state index in [1.54, 1.807) is 0 Å². The van der Waals surface area contributed by atoms with Gasteiger partial charge in [-0.05, 0) is 37.0 Å². The number of nitrogens with zero attached hydrogens (tertiary/aromatic N) is 1. The third-order valence-electron chi connectivity index (χ3n) is 2.68. The van der Waals surface area contributed by atoms with Crippen molar-refractivity contribution >= 4 is 21.6 Å². The molecule has 70 valence electrons. The quantitative estimate of drug-likeness (QED) is 0.673. The molecular weight excluding hydrogens is 226 g/mol. The zero-order valence-electron chi connectivity index (χ0n) is 7.89. The summed E-state index contributed by atoms with van der Waals surface area (Å²) < 4.78 is 1.26. The fourth-order valence-electron chi connectivity index (χ4n) is 1.92. The Hall–Kier alpha value is -0.500. The zero-order chi connectivity index (χ0) is 9.26. The first kappa shape index (κ1) is 9.07. The van der Waals surface area contributed by atoms with E-state index in [4.69, 9.17) is 0 Å². The average molecular weight is 240 g/mol. The zero-order valence-corrected chi connectivity index (χ0v) is 9.47. The number of fused-ring (bicyclic) bond motifs is 1. The van der Waals surface area contributed by atoms with Crippen LogP contribution < -0.4 is 4.90 Å². The molecule has 0 saturated heterocycles. The maximum absolute atomic E-state index is 3.62. The predicted molar refractivity (Wildman–Crippen MR) is 60.4 cm³/mol. The Balaban J connectivity index is 2.47. The fourth-order valence-corrected chi connectivity index (χ4v) is 2.48. The number of hydrogen-bond acceptors (Lipinski definition) is 1. The molecule has 0 N–H and O–H groups in total. The Labute approximate surface area is 87.9 Å². The van der Waals surface area contributed by atoms with Crippen LogP contribution in [0.25, 0.3) is 0 Å². The van der Waals surface area contributed by atoms with Gasteiger partial charge in [0.15, 0.2) is 0 Å². The second kappa shape index (κ2) is 3.70. The van der Waals surface area contributed by atoms with Crippen LogP contribution in [0.2, 0.25) is 0 Å². The highest BCUT2D eigenvalue weighted by Crippen LogP contribution is 2.30. The molecule has 2 rings (SSSR count). The Morgan fingerprint density at radius 1 is 1.31 bits per heavy atom. The first-order valence-corrected chi connectivity index (χ1v) is 5.57. The van der Waals surface area contributed by atoms with Gasteiger partial charge in [-0.15, -0.1) is 0 Å². The molecule has 0 fully saturated rings. The van der Waals surface area contributed by atoms with E-state index >= 15 is 0 Å². The van der Waals surface area contributed by atoms with Crippen LogP contribution in [-0.2, 0) is 6.42 Å². The molecule has 0 atom stereocenters. The van der Waals surface area contributed by atoms with Crippen molar-refractivity contribution in [3.63, 3.8) is 0 Å². The van der Waals surface area contributed by atoms with Crippen molar-refractivity contribution in [2.24, 2.45) is 0 Å². The smallest absolute Gasteiger partial charge is 0.0407 e. The van der Waals surface area contributed by atoms with Crippen molar-refractivity contribution in [3.05, 3.63) is 28.2 Å². The summed E-state index contributed by atoms with van der Waals surface area (Å²) in [6, 6.07) is 6.47. The van der Waals surface area contributed by atoms with Gasteiger partial charge in [-0.3, -0.25) is 0 Å². The minimum atomic E-state index is 1.18. The van der Waals surface area contributed by atoms with Crippen molar-refractivity contribution < 1.29 is 0 Å². The maximum Gasteiger partial charge on any atom is 0.0407 e. The van der Waals surface area contributed by atoms with E-state index in [1.807, 2.05) is 0 Å². The molecule has 1 aromatic carbocycles. The molecule has 0 aromatic heterocycles. The van der Waals surface area contributed by atoms with E-state index in [0.29, 0.717) is 0 Å². The Morgan fingerprint density at radius 2 is 2.15 bits per heavy atom. The summed E-state index contributed by atoms with van der Waals surface area (Å²) in [7, 11) is 2.18. The third kappa shape index (κ3) is 1.73. The van der Waals surface area contributed by atoms with Crippen molar-refractivity contribution in [2.45, 2.75) is 19.3 Å². The van der Waals surface area contributed by atoms with Gasteiger partial charge in [-0.2, -0.15) is 0 Å². The van der Waals surface area contributed by atoms with Crippen LogP contribution in [0.5, 0.6) is 0 Å². The van der Waals surface area contributed by atoms with Gasteiger partial charge in [0.05, 0.1) is 0 Å². The first-order valence-electron chi connectivity index (χ1n) is 4.77. The minimum Gasteiger partial charge on any atom is -0.374 e. The van der Waals surface area contributed by atoms with Crippen molar-refractivity contribution in [3.8, 4) is 0 Å². The van der Waals surface area contributed by atoms with Crippen molar-refractivity contribution in [2.75, 3.05) is 18.5 Å². The van der Waals surface area contributed by atoms with Gasteiger partial charge >= 0.3 is 0 Å². The second-order valence-electron chi connectivity index (χ2n) is 3.62. The van der Waals surface area contributed by atoms with E-state index in [1.165, 1.54) is 41.5 Å². The summed E-state index contributed by atoms with van der Waals surface area (Å²) in [5.41, 5.74) is 2.87. The molecule has 1 aliphatic rings. The van der Waals surface area contributed by atoms with E-state index in [-0.39, 0.29) is 0 Å². The summed E-state index contributed by atoms with van der Waals surface area (Å²) in [6.45, 7) is 1.18. The van der Waals surface area contributed by atoms with Crippen LogP contribution in [0.1, 0.15) is 18.4 Å². The lowest BCUT2D eigenvalue weighted by Gasteiger charge is -2.19. The molecule has 0 saturated carbocycles. The van der Waals surface area contributed by atoms with Crippen molar-refractivity contribution in [1.29, 1.82) is 0 Å². The lowest BCUT2D eigenvalue weighted by molar-refractivity contribution is 0.749. The van der Waals surface area contributed by atoms with Crippen LogP contribution >= 0.6 is 15.9 Å². The molecule has 1 nitrogen and oxygen atoms in total. The molecule has 1 heterocycles. The number of anilines is 1. The van der Waals surface area contributed by atoms with Gasteiger partial charge in [0.25, 0.3) is 0 Å². The normalized spacial score (nSPS) is 16.6. The number of benzene rings is 1. The van der Waals surface area contributed by atoms with Crippen LogP contribution in [0.4, 0.5) is 5.69 Å². The molecule has 0 radical (unpaired) electrons. The highest BCUT2D eigenvalue weighted by molar-refractivity contribution is 9.10. The SMILES string of the molecule is CN1CCCCc2c(Br)cccc21. The lowest BCUT2D eigenvalue weighted by atomic mass is 10.1. The summed E-state index contributed by atoms with van der Waals surface area (Å²) in [4.78, 5) is 2.35. The molecule has 0 amide bonds. The molecule has 0 bridgehead atoms. The van der Waals surface area contributed by atoms with E-state index in [9.17, 15) is 0 Å². The highest BCUT2D eigenvalue weighted by atomic mass is 79.9. The standard InChI is InChI=1S/C11H14BrN/c1-13-8-3-2-5-9-10(12)6-4-7-11(9)13/h4,6-7H,2-3,5,8H2,1H3. The molecule has 2 heteroatoms. The van der Waals surface area contributed by atoms with Gasteiger partial charge in [0.1, 0.15) is 0 Å². The number of rotatable bonds is 0. The molecule has 0 aliphatic carbocycles. The Bertz CT molecular complexity index is 309. The van der Waals surface area contributed by atoms with E-state index in [0.717, 1.165) is 0 Å². The van der Waals surface area contributed by atoms with E-state index in [2.05, 4.69) is 46.1 Å². The molecule has 0 spiro atoms. The second-order valence-corrected chi connectivity index (χ2v) is 4.47. The number of halogens is 1. The summed E-state index contributed by atoms with van der Waals surface area (Å²) in [6.07, 6.45) is 3.82. The summed E-state index contributed by atoms with van der Waals surface area (Å²) in [5.74, 6) is 0. The summed E-state index contributed by atoms with van der Waals surface area (Å²) in [5, 5.41) is 0. The van der Waals surface area contributed by atoms with Gasteiger partial charge in [0, 0.05) is 23.8 Å². The monoisotopic (exact) mass is 239 g/mol. The van der Waals surface area contributed by atoms with Crippen LogP contribution in [0.15, 0.2) is 22.7 Å². The largest absolute Gasteiger partial charge is 0.374 e. The van der Waals surface area contributed by atoms with Gasteiger partial charge in [0.2, 0.25) is 0 Å². The highest BCUT2D eigenvalue weighted by Gasteiger charge is 2.13. The van der Waals surface area contributed by atoms with Crippen LogP contribution in [0, 0.1) is 0 Å². The minimum absolute atomic E-state index is 1.18.